The highest BCUT2D eigenvalue weighted by atomic mass is 79.9. The zero-order valence-corrected chi connectivity index (χ0v) is 21.8. The molecular formula is C28H24BrFN2O5. The van der Waals surface area contributed by atoms with Crippen molar-refractivity contribution in [3.63, 3.8) is 0 Å². The Hall–Kier alpha value is -3.98. The average molecular weight is 567 g/mol. The Bertz CT molecular complexity index is 1370. The van der Waals surface area contributed by atoms with Crippen LogP contribution in [0.4, 0.5) is 14.9 Å². The predicted octanol–water partition coefficient (Wildman–Crippen LogP) is 5.79. The molecule has 0 aliphatic carbocycles. The number of nitrogens with zero attached hydrogens (tertiary/aromatic N) is 1. The van der Waals surface area contributed by atoms with Gasteiger partial charge in [-0.2, -0.15) is 0 Å². The Balaban J connectivity index is 1.64. The van der Waals surface area contributed by atoms with E-state index in [-0.39, 0.29) is 18.0 Å². The van der Waals surface area contributed by atoms with Crippen LogP contribution in [0.5, 0.6) is 11.5 Å². The first-order chi connectivity index (χ1) is 17.8. The van der Waals surface area contributed by atoms with Crippen molar-refractivity contribution in [1.82, 2.24) is 5.32 Å². The highest BCUT2D eigenvalue weighted by Gasteiger charge is 2.37. The lowest BCUT2D eigenvalue weighted by Gasteiger charge is -2.26. The van der Waals surface area contributed by atoms with Crippen LogP contribution in [0.1, 0.15) is 30.5 Å². The second-order valence-electron chi connectivity index (χ2n) is 8.15. The first-order valence-electron chi connectivity index (χ1n) is 11.6. The number of rotatable bonds is 8. The van der Waals surface area contributed by atoms with Gasteiger partial charge in [-0.3, -0.25) is 14.9 Å². The Morgan fingerprint density at radius 3 is 2.22 bits per heavy atom. The predicted molar refractivity (Wildman–Crippen MR) is 141 cm³/mol. The lowest BCUT2D eigenvalue weighted by Crippen LogP contribution is -2.54. The van der Waals surface area contributed by atoms with E-state index in [1.165, 1.54) is 18.2 Å². The molecule has 3 aromatic rings. The summed E-state index contributed by atoms with van der Waals surface area (Å²) in [6.45, 7) is 4.35. The van der Waals surface area contributed by atoms with Crippen molar-refractivity contribution in [2.24, 2.45) is 0 Å². The molecule has 1 heterocycles. The molecule has 190 valence electrons. The quantitative estimate of drug-likeness (QED) is 0.275. The molecule has 1 N–H and O–H groups in total. The van der Waals surface area contributed by atoms with E-state index in [1.807, 2.05) is 26.0 Å². The second kappa shape index (κ2) is 11.4. The lowest BCUT2D eigenvalue weighted by atomic mass is 10.1. The zero-order chi connectivity index (χ0) is 26.5. The van der Waals surface area contributed by atoms with Crippen LogP contribution >= 0.6 is 15.9 Å². The molecule has 1 fully saturated rings. The van der Waals surface area contributed by atoms with E-state index < -0.39 is 17.8 Å². The van der Waals surface area contributed by atoms with Crippen molar-refractivity contribution >= 4 is 45.5 Å². The van der Waals surface area contributed by atoms with E-state index in [1.54, 1.807) is 36.4 Å². The highest BCUT2D eigenvalue weighted by molar-refractivity contribution is 9.10. The SMILES string of the molecule is CCOc1cc(/C=C2/C(=O)NC(=O)N(c3ccc(CC)cc3)C2=O)c(Br)cc1OCc1ccc(F)cc1. The van der Waals surface area contributed by atoms with Crippen molar-refractivity contribution < 1.29 is 28.2 Å². The molecule has 4 amide bonds. The van der Waals surface area contributed by atoms with Crippen molar-refractivity contribution in [1.29, 1.82) is 0 Å². The van der Waals surface area contributed by atoms with E-state index >= 15 is 0 Å². The van der Waals surface area contributed by atoms with E-state index in [4.69, 9.17) is 9.47 Å². The van der Waals surface area contributed by atoms with Gasteiger partial charge < -0.3 is 9.47 Å². The Labute approximate surface area is 222 Å². The zero-order valence-electron chi connectivity index (χ0n) is 20.2. The number of carbonyl (C=O) groups excluding carboxylic acids is 3. The number of amides is 4. The summed E-state index contributed by atoms with van der Waals surface area (Å²) >= 11 is 3.47. The lowest BCUT2D eigenvalue weighted by molar-refractivity contribution is -0.122. The van der Waals surface area contributed by atoms with Crippen molar-refractivity contribution in [2.45, 2.75) is 26.9 Å². The Morgan fingerprint density at radius 2 is 1.57 bits per heavy atom. The van der Waals surface area contributed by atoms with Gasteiger partial charge in [-0.25, -0.2) is 14.1 Å². The third-order valence-corrected chi connectivity index (χ3v) is 6.36. The van der Waals surface area contributed by atoms with Gasteiger partial charge in [0, 0.05) is 4.47 Å². The van der Waals surface area contributed by atoms with E-state index in [0.29, 0.717) is 33.8 Å². The molecule has 1 aliphatic rings. The fourth-order valence-electron chi connectivity index (χ4n) is 3.71. The van der Waals surface area contributed by atoms with Crippen molar-refractivity contribution in [2.75, 3.05) is 11.5 Å². The number of aryl methyl sites for hydroxylation is 1. The number of urea groups is 1. The fourth-order valence-corrected chi connectivity index (χ4v) is 4.15. The minimum Gasteiger partial charge on any atom is -0.490 e. The van der Waals surface area contributed by atoms with Crippen molar-refractivity contribution in [3.05, 3.63) is 93.2 Å². The van der Waals surface area contributed by atoms with Gasteiger partial charge in [-0.05, 0) is 72.5 Å². The minimum atomic E-state index is -0.810. The molecule has 37 heavy (non-hydrogen) atoms. The maximum Gasteiger partial charge on any atom is 0.335 e. The third kappa shape index (κ3) is 5.89. The summed E-state index contributed by atoms with van der Waals surface area (Å²) in [6.07, 6.45) is 2.21. The number of hydrogen-bond donors (Lipinski definition) is 1. The summed E-state index contributed by atoms with van der Waals surface area (Å²) in [5, 5.41) is 2.23. The number of carbonyl (C=O) groups is 3. The van der Waals surface area contributed by atoms with Crippen LogP contribution in [0.2, 0.25) is 0 Å². The van der Waals surface area contributed by atoms with Crippen LogP contribution < -0.4 is 19.7 Å². The van der Waals surface area contributed by atoms with Crippen molar-refractivity contribution in [3.8, 4) is 11.5 Å². The van der Waals surface area contributed by atoms with Crippen LogP contribution in [0, 0.1) is 5.82 Å². The monoisotopic (exact) mass is 566 g/mol. The van der Waals surface area contributed by atoms with Gasteiger partial charge in [-0.1, -0.05) is 47.1 Å². The van der Waals surface area contributed by atoms with E-state index in [0.717, 1.165) is 22.4 Å². The maximum absolute atomic E-state index is 13.3. The molecule has 0 unspecified atom stereocenters. The number of nitrogens with one attached hydrogen (secondary N) is 1. The van der Waals surface area contributed by atoms with Crippen LogP contribution in [0.3, 0.4) is 0 Å². The minimum absolute atomic E-state index is 0.183. The molecule has 3 aromatic carbocycles. The maximum atomic E-state index is 13.3. The van der Waals surface area contributed by atoms with E-state index in [2.05, 4.69) is 21.2 Å². The first kappa shape index (κ1) is 26.1. The molecule has 0 aromatic heterocycles. The summed E-state index contributed by atoms with van der Waals surface area (Å²) in [7, 11) is 0. The van der Waals surface area contributed by atoms with Crippen LogP contribution in [0.25, 0.3) is 6.08 Å². The molecule has 1 saturated heterocycles. The molecule has 0 saturated carbocycles. The van der Waals surface area contributed by atoms with Gasteiger partial charge in [0.1, 0.15) is 18.0 Å². The second-order valence-corrected chi connectivity index (χ2v) is 9.00. The van der Waals surface area contributed by atoms with Gasteiger partial charge in [0.05, 0.1) is 12.3 Å². The molecule has 9 heteroatoms. The fraction of sp³-hybridized carbons (Fsp3) is 0.179. The molecule has 4 rings (SSSR count). The van der Waals surface area contributed by atoms with Crippen LogP contribution in [-0.4, -0.2) is 24.5 Å². The molecule has 0 atom stereocenters. The molecule has 0 spiro atoms. The van der Waals surface area contributed by atoms with Gasteiger partial charge in [0.2, 0.25) is 0 Å². The standard InChI is InChI=1S/C28H24BrFN2O5/c1-3-17-7-11-21(12-8-17)32-27(34)22(26(33)31-28(32)35)13-19-14-24(36-4-2)25(15-23(19)29)37-16-18-5-9-20(30)10-6-18/h5-15H,3-4,16H2,1-2H3,(H,31,33,35)/b22-13-. The van der Waals surface area contributed by atoms with Gasteiger partial charge >= 0.3 is 6.03 Å². The number of halogens is 2. The van der Waals surface area contributed by atoms with E-state index in [9.17, 15) is 18.8 Å². The van der Waals surface area contributed by atoms with Gasteiger partial charge in [-0.15, -0.1) is 0 Å². The van der Waals surface area contributed by atoms with Gasteiger partial charge in [0.25, 0.3) is 11.8 Å². The normalized spacial score (nSPS) is 14.6. The van der Waals surface area contributed by atoms with Gasteiger partial charge in [0.15, 0.2) is 11.5 Å². The number of hydrogen-bond acceptors (Lipinski definition) is 5. The Kier molecular flexibility index (Phi) is 8.03. The van der Waals surface area contributed by atoms with Crippen LogP contribution in [-0.2, 0) is 22.6 Å². The smallest absolute Gasteiger partial charge is 0.335 e. The number of anilines is 1. The molecule has 7 nitrogen and oxygen atoms in total. The summed E-state index contributed by atoms with van der Waals surface area (Å²) in [4.78, 5) is 39.3. The summed E-state index contributed by atoms with van der Waals surface area (Å²) in [6, 6.07) is 15.4. The topological polar surface area (TPSA) is 84.9 Å². The molecular weight excluding hydrogens is 543 g/mol. The van der Waals surface area contributed by atoms with Crippen LogP contribution in [0.15, 0.2) is 70.7 Å². The average Bonchev–Trinajstić information content (AvgIpc) is 2.88. The first-order valence-corrected chi connectivity index (χ1v) is 12.4. The molecule has 1 aliphatic heterocycles. The number of ether oxygens (including phenoxy) is 2. The number of benzene rings is 3. The number of barbiturate groups is 1. The summed E-state index contributed by atoms with van der Waals surface area (Å²) in [5.74, 6) is -1.05. The molecule has 0 radical (unpaired) electrons. The number of imide groups is 2. The third-order valence-electron chi connectivity index (χ3n) is 5.67. The summed E-state index contributed by atoms with van der Waals surface area (Å²) in [5.41, 5.74) is 2.45. The Morgan fingerprint density at radius 1 is 0.919 bits per heavy atom. The highest BCUT2D eigenvalue weighted by Crippen LogP contribution is 2.36. The summed E-state index contributed by atoms with van der Waals surface area (Å²) < 4.78 is 25.3. The largest absolute Gasteiger partial charge is 0.490 e. The molecule has 0 bridgehead atoms.